The normalized spacial score (nSPS) is 14.0. The van der Waals surface area contributed by atoms with Crippen LogP contribution in [0.3, 0.4) is 0 Å². The number of nitriles is 1. The second-order valence-electron chi connectivity index (χ2n) is 5.95. The van der Waals surface area contributed by atoms with E-state index in [0.29, 0.717) is 16.3 Å². The minimum atomic E-state index is -3.83. The predicted molar refractivity (Wildman–Crippen MR) is 98.2 cm³/mol. The van der Waals surface area contributed by atoms with Gasteiger partial charge in [0.15, 0.2) is 0 Å². The number of rotatable bonds is 6. The van der Waals surface area contributed by atoms with Crippen LogP contribution in [-0.2, 0) is 14.8 Å². The van der Waals surface area contributed by atoms with Crippen molar-refractivity contribution in [2.75, 3.05) is 11.9 Å². The lowest BCUT2D eigenvalue weighted by atomic mass is 10.2. The molecular formula is C18H16ClN3O3S. The minimum Gasteiger partial charge on any atom is -0.324 e. The molecule has 0 saturated heterocycles. The lowest BCUT2D eigenvalue weighted by molar-refractivity contribution is -0.116. The fraction of sp³-hybridized carbons (Fsp3) is 0.222. The van der Waals surface area contributed by atoms with E-state index >= 15 is 0 Å². The van der Waals surface area contributed by atoms with Crippen molar-refractivity contribution in [3.05, 3.63) is 59.1 Å². The van der Waals surface area contributed by atoms with Crippen molar-refractivity contribution in [2.24, 2.45) is 0 Å². The van der Waals surface area contributed by atoms with Gasteiger partial charge >= 0.3 is 0 Å². The average Bonchev–Trinajstić information content (AvgIpc) is 3.46. The van der Waals surface area contributed by atoms with Crippen molar-refractivity contribution in [1.29, 1.82) is 5.26 Å². The summed E-state index contributed by atoms with van der Waals surface area (Å²) in [7, 11) is -3.83. The fourth-order valence-corrected chi connectivity index (χ4v) is 4.33. The Balaban J connectivity index is 1.79. The second kappa shape index (κ2) is 7.46. The van der Waals surface area contributed by atoms with Crippen LogP contribution < -0.4 is 5.32 Å². The van der Waals surface area contributed by atoms with Crippen LogP contribution in [0.1, 0.15) is 18.4 Å². The van der Waals surface area contributed by atoms with Gasteiger partial charge in [-0.15, -0.1) is 0 Å². The first-order valence-electron chi connectivity index (χ1n) is 7.98. The van der Waals surface area contributed by atoms with Gasteiger partial charge in [-0.05, 0) is 49.2 Å². The molecule has 2 aromatic rings. The molecule has 1 aliphatic rings. The molecule has 0 radical (unpaired) electrons. The van der Waals surface area contributed by atoms with E-state index in [2.05, 4.69) is 5.32 Å². The topological polar surface area (TPSA) is 90.3 Å². The van der Waals surface area contributed by atoms with Crippen LogP contribution in [0.15, 0.2) is 53.4 Å². The molecule has 1 N–H and O–H groups in total. The first-order valence-corrected chi connectivity index (χ1v) is 9.80. The van der Waals surface area contributed by atoms with Gasteiger partial charge in [-0.3, -0.25) is 4.79 Å². The molecule has 0 aliphatic heterocycles. The zero-order chi connectivity index (χ0) is 18.7. The molecule has 0 atom stereocenters. The standard InChI is InChI=1S/C18H16ClN3O3S/c19-16-3-1-2-4-17(16)21-18(23)12-22(14-7-8-14)26(24,25)15-9-5-13(11-20)6-10-15/h1-6,9-10,14H,7-8,12H2,(H,21,23). The lowest BCUT2D eigenvalue weighted by Crippen LogP contribution is -2.39. The summed E-state index contributed by atoms with van der Waals surface area (Å²) in [6.07, 6.45) is 1.43. The van der Waals surface area contributed by atoms with Crippen LogP contribution in [0, 0.1) is 11.3 Å². The van der Waals surface area contributed by atoms with Crippen LogP contribution >= 0.6 is 11.6 Å². The van der Waals surface area contributed by atoms with Gasteiger partial charge in [-0.2, -0.15) is 9.57 Å². The first kappa shape index (κ1) is 18.4. The van der Waals surface area contributed by atoms with E-state index in [-0.39, 0.29) is 17.5 Å². The van der Waals surface area contributed by atoms with Gasteiger partial charge in [0, 0.05) is 6.04 Å². The lowest BCUT2D eigenvalue weighted by Gasteiger charge is -2.21. The number of nitrogens with one attached hydrogen (secondary N) is 1. The maximum absolute atomic E-state index is 12.9. The third-order valence-electron chi connectivity index (χ3n) is 3.99. The Morgan fingerprint density at radius 2 is 1.85 bits per heavy atom. The molecule has 8 heteroatoms. The Hall–Kier alpha value is -2.40. The highest BCUT2D eigenvalue weighted by Gasteiger charge is 2.39. The Labute approximate surface area is 157 Å². The molecule has 2 aromatic carbocycles. The Morgan fingerprint density at radius 3 is 2.42 bits per heavy atom. The molecule has 0 aromatic heterocycles. The molecule has 6 nitrogen and oxygen atoms in total. The van der Waals surface area contributed by atoms with Crippen LogP contribution in [0.4, 0.5) is 5.69 Å². The number of carbonyl (C=O) groups is 1. The number of carbonyl (C=O) groups excluding carboxylic acids is 1. The maximum Gasteiger partial charge on any atom is 0.243 e. The summed E-state index contributed by atoms with van der Waals surface area (Å²) < 4.78 is 27.0. The number of nitrogens with zero attached hydrogens (tertiary/aromatic N) is 2. The van der Waals surface area contributed by atoms with Crippen molar-refractivity contribution in [3.63, 3.8) is 0 Å². The van der Waals surface area contributed by atoms with Crippen LogP contribution in [0.25, 0.3) is 0 Å². The summed E-state index contributed by atoms with van der Waals surface area (Å²) in [4.78, 5) is 12.4. The number of hydrogen-bond donors (Lipinski definition) is 1. The van der Waals surface area contributed by atoms with Crippen molar-refractivity contribution >= 4 is 33.2 Å². The number of hydrogen-bond acceptors (Lipinski definition) is 4. The molecule has 0 spiro atoms. The van der Waals surface area contributed by atoms with E-state index < -0.39 is 15.9 Å². The van der Waals surface area contributed by atoms with Crippen LogP contribution in [0.5, 0.6) is 0 Å². The quantitative estimate of drug-likeness (QED) is 0.822. The van der Waals surface area contributed by atoms with Gasteiger partial charge in [0.05, 0.1) is 33.8 Å². The summed E-state index contributed by atoms with van der Waals surface area (Å²) in [5.41, 5.74) is 0.809. The van der Waals surface area contributed by atoms with Crippen LogP contribution in [-0.4, -0.2) is 31.2 Å². The Bertz CT molecular complexity index is 964. The zero-order valence-corrected chi connectivity index (χ0v) is 15.3. The van der Waals surface area contributed by atoms with Crippen molar-refractivity contribution < 1.29 is 13.2 Å². The van der Waals surface area contributed by atoms with E-state index in [4.69, 9.17) is 16.9 Å². The molecule has 3 rings (SSSR count). The van der Waals surface area contributed by atoms with E-state index in [1.54, 1.807) is 24.3 Å². The summed E-state index contributed by atoms with van der Waals surface area (Å²) in [6, 6.07) is 14.2. The average molecular weight is 390 g/mol. The SMILES string of the molecule is N#Cc1ccc(S(=O)(=O)N(CC(=O)Nc2ccccc2Cl)C2CC2)cc1. The molecule has 0 unspecified atom stereocenters. The monoisotopic (exact) mass is 389 g/mol. The summed E-state index contributed by atoms with van der Waals surface area (Å²) in [5, 5.41) is 11.9. The Morgan fingerprint density at radius 1 is 1.19 bits per heavy atom. The molecule has 0 bridgehead atoms. The van der Waals surface area contributed by atoms with Gasteiger partial charge in [0.1, 0.15) is 0 Å². The third-order valence-corrected chi connectivity index (χ3v) is 6.23. The molecule has 1 aliphatic carbocycles. The molecule has 1 fully saturated rings. The highest BCUT2D eigenvalue weighted by Crippen LogP contribution is 2.32. The number of halogens is 1. The van der Waals surface area contributed by atoms with E-state index in [1.807, 2.05) is 6.07 Å². The largest absolute Gasteiger partial charge is 0.324 e. The maximum atomic E-state index is 12.9. The van der Waals surface area contributed by atoms with E-state index in [1.165, 1.54) is 28.6 Å². The van der Waals surface area contributed by atoms with Gasteiger partial charge in [-0.1, -0.05) is 23.7 Å². The summed E-state index contributed by atoms with van der Waals surface area (Å²) in [5.74, 6) is -0.456. The number of amides is 1. The highest BCUT2D eigenvalue weighted by atomic mass is 35.5. The van der Waals surface area contributed by atoms with Crippen LogP contribution in [0.2, 0.25) is 5.02 Å². The molecule has 134 valence electrons. The third kappa shape index (κ3) is 4.05. The van der Waals surface area contributed by atoms with Gasteiger partial charge in [0.25, 0.3) is 0 Å². The van der Waals surface area contributed by atoms with E-state index in [0.717, 1.165) is 12.8 Å². The van der Waals surface area contributed by atoms with E-state index in [9.17, 15) is 13.2 Å². The highest BCUT2D eigenvalue weighted by molar-refractivity contribution is 7.89. The zero-order valence-electron chi connectivity index (χ0n) is 13.7. The Kier molecular flexibility index (Phi) is 5.28. The number of anilines is 1. The molecule has 0 heterocycles. The fourth-order valence-electron chi connectivity index (χ4n) is 2.50. The molecule has 1 saturated carbocycles. The molecule has 1 amide bonds. The second-order valence-corrected chi connectivity index (χ2v) is 8.24. The smallest absolute Gasteiger partial charge is 0.243 e. The molecule has 26 heavy (non-hydrogen) atoms. The van der Waals surface area contributed by atoms with Crippen molar-refractivity contribution in [1.82, 2.24) is 4.31 Å². The summed E-state index contributed by atoms with van der Waals surface area (Å²) >= 11 is 6.02. The summed E-state index contributed by atoms with van der Waals surface area (Å²) in [6.45, 7) is -0.293. The van der Waals surface area contributed by atoms with Gasteiger partial charge < -0.3 is 5.32 Å². The molecular weight excluding hydrogens is 374 g/mol. The van der Waals surface area contributed by atoms with Gasteiger partial charge in [0.2, 0.25) is 15.9 Å². The van der Waals surface area contributed by atoms with Crippen molar-refractivity contribution in [2.45, 2.75) is 23.8 Å². The minimum absolute atomic E-state index is 0.0638. The number of para-hydroxylation sites is 1. The van der Waals surface area contributed by atoms with Gasteiger partial charge in [-0.25, -0.2) is 8.42 Å². The number of sulfonamides is 1. The van der Waals surface area contributed by atoms with Crippen molar-refractivity contribution in [3.8, 4) is 6.07 Å². The first-order chi connectivity index (χ1) is 12.4. The predicted octanol–water partition coefficient (Wildman–Crippen LogP) is 3.00. The number of benzene rings is 2.